The molecule has 68 valence electrons. The average Bonchev–Trinajstić information content (AvgIpc) is 2.30. The lowest BCUT2D eigenvalue weighted by Crippen LogP contribution is -2.08. The minimum absolute atomic E-state index is 0.0574. The van der Waals surface area contributed by atoms with E-state index in [1.54, 1.807) is 12.4 Å². The largest absolute Gasteiger partial charge is 0.304 e. The van der Waals surface area contributed by atoms with Crippen molar-refractivity contribution in [3.05, 3.63) is 16.0 Å². The molecular weight excluding hydrogens is 298 g/mol. The van der Waals surface area contributed by atoms with E-state index >= 15 is 0 Å². The fourth-order valence-electron chi connectivity index (χ4n) is 0.663. The molecule has 0 unspecified atom stereocenters. The predicted molar refractivity (Wildman–Crippen MR) is 49.8 cm³/mol. The van der Waals surface area contributed by atoms with E-state index in [0.717, 1.165) is 3.57 Å². The summed E-state index contributed by atoms with van der Waals surface area (Å²) in [4.78, 5) is 0. The van der Waals surface area contributed by atoms with E-state index in [1.807, 2.05) is 22.6 Å². The van der Waals surface area contributed by atoms with Gasteiger partial charge in [0.1, 0.15) is 0 Å². The Labute approximate surface area is 83.1 Å². The van der Waals surface area contributed by atoms with Crippen LogP contribution in [-0.2, 0) is 16.8 Å². The Morgan fingerprint density at radius 3 is 2.75 bits per heavy atom. The van der Waals surface area contributed by atoms with Crippen LogP contribution in [0.15, 0.2) is 12.4 Å². The van der Waals surface area contributed by atoms with Crippen LogP contribution in [0.5, 0.6) is 0 Å². The average molecular weight is 304 g/mol. The van der Waals surface area contributed by atoms with Gasteiger partial charge in [0.05, 0.1) is 22.1 Å². The van der Waals surface area contributed by atoms with Crippen molar-refractivity contribution in [3.8, 4) is 0 Å². The van der Waals surface area contributed by atoms with Gasteiger partial charge in [-0.25, -0.2) is 0 Å². The molecule has 0 N–H and O–H groups in total. The number of nitrogens with zero attached hydrogens (tertiary/aromatic N) is 2. The Morgan fingerprint density at radius 1 is 1.67 bits per heavy atom. The summed E-state index contributed by atoms with van der Waals surface area (Å²) in [5.74, 6) is -0.523. The highest BCUT2D eigenvalue weighted by atomic mass is 127. The van der Waals surface area contributed by atoms with E-state index < -0.39 is 16.0 Å². The molecule has 0 aliphatic carbocycles. The zero-order valence-corrected chi connectivity index (χ0v) is 8.92. The zero-order chi connectivity index (χ0) is 9.19. The molecule has 0 atom stereocenters. The molecule has 1 rings (SSSR count). The van der Waals surface area contributed by atoms with Crippen molar-refractivity contribution in [2.45, 2.75) is 6.54 Å². The molecule has 1 aromatic heterocycles. The normalized spacial score (nSPS) is 11.8. The lowest BCUT2D eigenvalue weighted by Gasteiger charge is -1.95. The van der Waals surface area contributed by atoms with E-state index in [9.17, 15) is 12.3 Å². The molecule has 12 heavy (non-hydrogen) atoms. The second kappa shape index (κ2) is 3.69. The fraction of sp³-hybridized carbons (Fsp3) is 0.400. The number of halogens is 2. The number of rotatable bonds is 3. The van der Waals surface area contributed by atoms with Crippen LogP contribution in [0.4, 0.5) is 3.89 Å². The summed E-state index contributed by atoms with van der Waals surface area (Å²) in [5.41, 5.74) is 0. The van der Waals surface area contributed by atoms with E-state index in [1.165, 1.54) is 4.68 Å². The molecule has 0 fully saturated rings. The van der Waals surface area contributed by atoms with Crippen LogP contribution in [0.25, 0.3) is 0 Å². The Kier molecular flexibility index (Phi) is 3.04. The molecule has 0 radical (unpaired) electrons. The van der Waals surface area contributed by atoms with E-state index in [2.05, 4.69) is 5.10 Å². The maximum atomic E-state index is 12.0. The molecule has 0 aromatic carbocycles. The first kappa shape index (κ1) is 9.90. The van der Waals surface area contributed by atoms with Gasteiger partial charge in [0.25, 0.3) is 0 Å². The van der Waals surface area contributed by atoms with Crippen LogP contribution in [0.1, 0.15) is 0 Å². The van der Waals surface area contributed by atoms with Crippen molar-refractivity contribution in [1.82, 2.24) is 9.78 Å². The van der Waals surface area contributed by atoms with Gasteiger partial charge < -0.3 is 0 Å². The maximum absolute atomic E-state index is 12.0. The summed E-state index contributed by atoms with van der Waals surface area (Å²) >= 11 is 2.03. The van der Waals surface area contributed by atoms with Gasteiger partial charge in [-0.1, -0.05) is 0 Å². The lowest BCUT2D eigenvalue weighted by molar-refractivity contribution is 0.540. The third-order valence-corrected chi connectivity index (χ3v) is 2.39. The number of hydrogen-bond acceptors (Lipinski definition) is 3. The standard InChI is InChI=1S/C5H6FIN2O2S/c6-12(10,11)2-1-9-4-5(7)3-8-9/h3-4H,1-2H2. The molecule has 0 bridgehead atoms. The number of hydrogen-bond donors (Lipinski definition) is 0. The summed E-state index contributed by atoms with van der Waals surface area (Å²) in [7, 11) is -4.38. The molecule has 1 heterocycles. The third-order valence-electron chi connectivity index (χ3n) is 1.17. The molecule has 4 nitrogen and oxygen atoms in total. The zero-order valence-electron chi connectivity index (χ0n) is 5.94. The minimum atomic E-state index is -4.38. The van der Waals surface area contributed by atoms with E-state index in [0.29, 0.717) is 0 Å². The van der Waals surface area contributed by atoms with Crippen molar-refractivity contribution in [1.29, 1.82) is 0 Å². The number of aromatic nitrogens is 2. The lowest BCUT2D eigenvalue weighted by atomic mass is 10.7. The second-order valence-electron chi connectivity index (χ2n) is 2.16. The molecule has 7 heteroatoms. The Balaban J connectivity index is 2.55. The molecule has 0 saturated carbocycles. The summed E-state index contributed by atoms with van der Waals surface area (Å²) in [5, 5.41) is 3.80. The highest BCUT2D eigenvalue weighted by Gasteiger charge is 2.07. The quantitative estimate of drug-likeness (QED) is 0.613. The molecule has 0 saturated heterocycles. The van der Waals surface area contributed by atoms with E-state index in [4.69, 9.17) is 0 Å². The van der Waals surface area contributed by atoms with Gasteiger partial charge in [0, 0.05) is 6.20 Å². The van der Waals surface area contributed by atoms with Crippen molar-refractivity contribution in [3.63, 3.8) is 0 Å². The SMILES string of the molecule is O=S(=O)(F)CCn1cc(I)cn1. The molecule has 0 aliphatic rings. The Morgan fingerprint density at radius 2 is 2.33 bits per heavy atom. The monoisotopic (exact) mass is 304 g/mol. The van der Waals surface area contributed by atoms with Crippen molar-refractivity contribution in [2.24, 2.45) is 0 Å². The smallest absolute Gasteiger partial charge is 0.271 e. The summed E-state index contributed by atoms with van der Waals surface area (Å²) < 4.78 is 34.5. The minimum Gasteiger partial charge on any atom is -0.271 e. The van der Waals surface area contributed by atoms with Gasteiger partial charge in [-0.15, -0.1) is 3.89 Å². The molecule has 0 spiro atoms. The Hall–Kier alpha value is -0.180. The highest BCUT2D eigenvalue weighted by molar-refractivity contribution is 14.1. The first-order valence-corrected chi connectivity index (χ1v) is 5.71. The number of aryl methyl sites for hydroxylation is 1. The molecular formula is C5H6FIN2O2S. The highest BCUT2D eigenvalue weighted by Crippen LogP contribution is 2.01. The molecule has 0 amide bonds. The van der Waals surface area contributed by atoms with Crippen molar-refractivity contribution >= 4 is 32.8 Å². The van der Waals surface area contributed by atoms with Gasteiger partial charge in [-0.05, 0) is 22.6 Å². The van der Waals surface area contributed by atoms with Crippen LogP contribution in [-0.4, -0.2) is 24.0 Å². The summed E-state index contributed by atoms with van der Waals surface area (Å²) in [6, 6.07) is 0. The molecule has 0 aliphatic heterocycles. The first-order chi connectivity index (χ1) is 5.47. The van der Waals surface area contributed by atoms with Gasteiger partial charge in [-0.3, -0.25) is 4.68 Å². The van der Waals surface area contributed by atoms with Gasteiger partial charge >= 0.3 is 10.2 Å². The maximum Gasteiger partial charge on any atom is 0.304 e. The van der Waals surface area contributed by atoms with Crippen LogP contribution in [0.3, 0.4) is 0 Å². The third kappa shape index (κ3) is 3.48. The predicted octanol–water partition coefficient (Wildman–Crippen LogP) is 0.787. The second-order valence-corrected chi connectivity index (χ2v) is 4.90. The fourth-order valence-corrected chi connectivity index (χ4v) is 1.51. The van der Waals surface area contributed by atoms with Crippen molar-refractivity contribution < 1.29 is 12.3 Å². The topological polar surface area (TPSA) is 52.0 Å². The van der Waals surface area contributed by atoms with E-state index in [-0.39, 0.29) is 6.54 Å². The van der Waals surface area contributed by atoms with Gasteiger partial charge in [0.2, 0.25) is 0 Å². The summed E-state index contributed by atoms with van der Waals surface area (Å²) in [6.07, 6.45) is 3.22. The van der Waals surface area contributed by atoms with Crippen LogP contribution in [0, 0.1) is 3.57 Å². The van der Waals surface area contributed by atoms with Gasteiger partial charge in [0.15, 0.2) is 0 Å². The molecule has 1 aromatic rings. The van der Waals surface area contributed by atoms with Crippen LogP contribution < -0.4 is 0 Å². The Bertz CT molecular complexity index is 361. The van der Waals surface area contributed by atoms with Gasteiger partial charge in [-0.2, -0.15) is 13.5 Å². The van der Waals surface area contributed by atoms with Crippen LogP contribution in [0.2, 0.25) is 0 Å². The summed E-state index contributed by atoms with van der Waals surface area (Å²) in [6.45, 7) is 0.0574. The van der Waals surface area contributed by atoms with Crippen molar-refractivity contribution in [2.75, 3.05) is 5.75 Å². The first-order valence-electron chi connectivity index (χ1n) is 3.08. The van der Waals surface area contributed by atoms with Crippen LogP contribution >= 0.6 is 22.6 Å².